The van der Waals surface area contributed by atoms with Crippen LogP contribution in [-0.2, 0) is 0 Å². The molecule has 2 rings (SSSR count). The van der Waals surface area contributed by atoms with Gasteiger partial charge in [-0.1, -0.05) is 30.3 Å². The number of carbonyl (C=O) groups is 1. The zero-order valence-electron chi connectivity index (χ0n) is 8.64. The monoisotopic (exact) mass is 234 g/mol. The third kappa shape index (κ3) is 1.77. The second kappa shape index (κ2) is 4.32. The Labute approximate surface area is 96.8 Å². The van der Waals surface area contributed by atoms with Gasteiger partial charge in [0.1, 0.15) is 11.3 Å². The van der Waals surface area contributed by atoms with Gasteiger partial charge < -0.3 is 10.5 Å². The summed E-state index contributed by atoms with van der Waals surface area (Å²) in [6.45, 7) is 0. The number of hydrogen-bond donors (Lipinski definition) is 1. The third-order valence-corrected chi connectivity index (χ3v) is 2.95. The summed E-state index contributed by atoms with van der Waals surface area (Å²) in [5.41, 5.74) is 7.10. The van der Waals surface area contributed by atoms with Crippen molar-refractivity contribution in [2.75, 3.05) is 7.11 Å². The van der Waals surface area contributed by atoms with Crippen LogP contribution in [0.3, 0.4) is 0 Å². The Balaban J connectivity index is 2.58. The highest BCUT2D eigenvalue weighted by Crippen LogP contribution is 2.33. The minimum absolute atomic E-state index is 0.346. The summed E-state index contributed by atoms with van der Waals surface area (Å²) in [7, 11) is 1.49. The van der Waals surface area contributed by atoms with Crippen molar-refractivity contribution in [3.05, 3.63) is 35.9 Å². The molecule has 4 nitrogen and oxygen atoms in total. The average Bonchev–Trinajstić information content (AvgIpc) is 2.73. The Kier molecular flexibility index (Phi) is 2.87. The molecule has 0 aliphatic rings. The molecular weight excluding hydrogens is 224 g/mol. The summed E-state index contributed by atoms with van der Waals surface area (Å²) >= 11 is 1.13. The molecule has 1 amide bonds. The van der Waals surface area contributed by atoms with Crippen LogP contribution < -0.4 is 10.5 Å². The molecule has 2 N–H and O–H groups in total. The maximum Gasteiger partial charge on any atom is 0.255 e. The molecule has 0 atom stereocenters. The first-order chi connectivity index (χ1) is 7.74. The lowest BCUT2D eigenvalue weighted by Crippen LogP contribution is -2.12. The summed E-state index contributed by atoms with van der Waals surface area (Å²) in [6.07, 6.45) is 0. The fraction of sp³-hybridized carbons (Fsp3) is 0.0909. The molecule has 82 valence electrons. The van der Waals surface area contributed by atoms with Crippen LogP contribution in [0, 0.1) is 0 Å². The number of hydrogen-bond acceptors (Lipinski definition) is 4. The van der Waals surface area contributed by atoms with E-state index in [1.54, 1.807) is 0 Å². The van der Waals surface area contributed by atoms with E-state index < -0.39 is 5.91 Å². The zero-order chi connectivity index (χ0) is 11.5. The first-order valence-corrected chi connectivity index (χ1v) is 5.40. The predicted octanol–water partition coefficient (Wildman–Crippen LogP) is 1.92. The molecule has 1 aromatic carbocycles. The SMILES string of the molecule is COc1snc(-c2ccccc2)c1C(N)=O. The Morgan fingerprint density at radius 1 is 1.38 bits per heavy atom. The largest absolute Gasteiger partial charge is 0.486 e. The fourth-order valence-electron chi connectivity index (χ4n) is 1.42. The molecule has 0 unspecified atom stereocenters. The van der Waals surface area contributed by atoms with Gasteiger partial charge in [-0.3, -0.25) is 4.79 Å². The summed E-state index contributed by atoms with van der Waals surface area (Å²) in [4.78, 5) is 11.3. The van der Waals surface area contributed by atoms with Crippen LogP contribution in [0.1, 0.15) is 10.4 Å². The number of rotatable bonds is 3. The summed E-state index contributed by atoms with van der Waals surface area (Å²) in [5, 5.41) is 0.450. The van der Waals surface area contributed by atoms with E-state index in [-0.39, 0.29) is 0 Å². The third-order valence-electron chi connectivity index (χ3n) is 2.14. The minimum Gasteiger partial charge on any atom is -0.486 e. The molecule has 0 bridgehead atoms. The molecule has 16 heavy (non-hydrogen) atoms. The van der Waals surface area contributed by atoms with Crippen molar-refractivity contribution in [3.63, 3.8) is 0 Å². The fourth-order valence-corrected chi connectivity index (χ4v) is 2.16. The second-order valence-corrected chi connectivity index (χ2v) is 3.86. The molecule has 0 saturated carbocycles. The van der Waals surface area contributed by atoms with Crippen molar-refractivity contribution in [2.45, 2.75) is 0 Å². The van der Waals surface area contributed by atoms with E-state index in [4.69, 9.17) is 10.5 Å². The Bertz CT molecular complexity index is 508. The van der Waals surface area contributed by atoms with E-state index in [1.165, 1.54) is 7.11 Å². The number of amides is 1. The van der Waals surface area contributed by atoms with E-state index in [0.717, 1.165) is 17.1 Å². The lowest BCUT2D eigenvalue weighted by Gasteiger charge is -2.00. The number of nitrogens with two attached hydrogens (primary N) is 1. The van der Waals surface area contributed by atoms with Crippen LogP contribution in [0.15, 0.2) is 30.3 Å². The first kappa shape index (κ1) is 10.6. The van der Waals surface area contributed by atoms with Gasteiger partial charge in [-0.15, -0.1) is 0 Å². The molecular formula is C11H10N2O2S. The van der Waals surface area contributed by atoms with Gasteiger partial charge in [-0.25, -0.2) is 0 Å². The predicted molar refractivity (Wildman–Crippen MR) is 62.6 cm³/mol. The van der Waals surface area contributed by atoms with Gasteiger partial charge in [-0.2, -0.15) is 4.37 Å². The Hall–Kier alpha value is -1.88. The molecule has 1 heterocycles. The highest BCUT2D eigenvalue weighted by molar-refractivity contribution is 7.08. The van der Waals surface area contributed by atoms with Crippen molar-refractivity contribution in [3.8, 4) is 16.3 Å². The van der Waals surface area contributed by atoms with Crippen LogP contribution in [0.2, 0.25) is 0 Å². The Morgan fingerprint density at radius 3 is 2.62 bits per heavy atom. The number of aromatic nitrogens is 1. The number of methoxy groups -OCH3 is 1. The van der Waals surface area contributed by atoms with Gasteiger partial charge in [0.15, 0.2) is 0 Å². The van der Waals surface area contributed by atoms with Gasteiger partial charge in [0.25, 0.3) is 5.91 Å². The summed E-state index contributed by atoms with van der Waals surface area (Å²) in [5.74, 6) is -0.524. The highest BCUT2D eigenvalue weighted by atomic mass is 32.1. The topological polar surface area (TPSA) is 65.2 Å². The summed E-state index contributed by atoms with van der Waals surface area (Å²) < 4.78 is 9.26. The Morgan fingerprint density at radius 2 is 2.06 bits per heavy atom. The number of primary amides is 1. The van der Waals surface area contributed by atoms with E-state index in [2.05, 4.69) is 4.37 Å². The lowest BCUT2D eigenvalue weighted by atomic mass is 10.1. The molecule has 0 fully saturated rings. The average molecular weight is 234 g/mol. The van der Waals surface area contributed by atoms with E-state index in [1.807, 2.05) is 30.3 Å². The van der Waals surface area contributed by atoms with Crippen LogP contribution >= 0.6 is 11.5 Å². The van der Waals surface area contributed by atoms with Crippen molar-refractivity contribution in [2.24, 2.45) is 5.73 Å². The molecule has 0 saturated heterocycles. The maximum absolute atomic E-state index is 11.3. The smallest absolute Gasteiger partial charge is 0.255 e. The van der Waals surface area contributed by atoms with E-state index in [9.17, 15) is 4.79 Å². The van der Waals surface area contributed by atoms with Gasteiger partial charge in [-0.05, 0) is 0 Å². The number of ether oxygens (including phenoxy) is 1. The summed E-state index contributed by atoms with van der Waals surface area (Å²) in [6, 6.07) is 9.41. The lowest BCUT2D eigenvalue weighted by molar-refractivity contribution is 0.0998. The molecule has 5 heteroatoms. The molecule has 0 spiro atoms. The van der Waals surface area contributed by atoms with Crippen LogP contribution in [0.5, 0.6) is 5.06 Å². The van der Waals surface area contributed by atoms with Crippen molar-refractivity contribution in [1.82, 2.24) is 4.37 Å². The van der Waals surface area contributed by atoms with E-state index in [0.29, 0.717) is 16.3 Å². The van der Waals surface area contributed by atoms with Gasteiger partial charge in [0.05, 0.1) is 7.11 Å². The van der Waals surface area contributed by atoms with E-state index >= 15 is 0 Å². The quantitative estimate of drug-likeness (QED) is 0.882. The molecule has 0 aliphatic carbocycles. The molecule has 1 aromatic heterocycles. The number of carbonyl (C=O) groups excluding carboxylic acids is 1. The standard InChI is InChI=1S/C11H10N2O2S/c1-15-11-8(10(12)14)9(13-16-11)7-5-3-2-4-6-7/h2-6H,1H3,(H2,12,14). The highest BCUT2D eigenvalue weighted by Gasteiger charge is 2.20. The van der Waals surface area contributed by atoms with Gasteiger partial charge in [0, 0.05) is 17.1 Å². The second-order valence-electron chi connectivity index (χ2n) is 3.13. The van der Waals surface area contributed by atoms with Gasteiger partial charge in [0.2, 0.25) is 5.06 Å². The van der Waals surface area contributed by atoms with Crippen molar-refractivity contribution < 1.29 is 9.53 Å². The first-order valence-electron chi connectivity index (χ1n) is 4.63. The van der Waals surface area contributed by atoms with Gasteiger partial charge >= 0.3 is 0 Å². The van der Waals surface area contributed by atoms with Crippen LogP contribution in [-0.4, -0.2) is 17.4 Å². The molecule has 0 aliphatic heterocycles. The number of nitrogens with zero attached hydrogens (tertiary/aromatic N) is 1. The zero-order valence-corrected chi connectivity index (χ0v) is 9.45. The van der Waals surface area contributed by atoms with Crippen LogP contribution in [0.25, 0.3) is 11.3 Å². The van der Waals surface area contributed by atoms with Crippen LogP contribution in [0.4, 0.5) is 0 Å². The maximum atomic E-state index is 11.3. The number of benzene rings is 1. The minimum atomic E-state index is -0.524. The molecule has 0 radical (unpaired) electrons. The van der Waals surface area contributed by atoms with Crippen molar-refractivity contribution in [1.29, 1.82) is 0 Å². The normalized spacial score (nSPS) is 10.1. The molecule has 2 aromatic rings. The van der Waals surface area contributed by atoms with Crippen molar-refractivity contribution >= 4 is 17.4 Å².